The van der Waals surface area contributed by atoms with Crippen LogP contribution in [0.1, 0.15) is 22.8 Å². The second kappa shape index (κ2) is 8.89. The Morgan fingerprint density at radius 3 is 2.14 bits per heavy atom. The Hall–Kier alpha value is -3.16. The summed E-state index contributed by atoms with van der Waals surface area (Å²) in [5.74, 6) is -1.05. The number of hydrogen-bond acceptors (Lipinski definition) is 5. The Morgan fingerprint density at radius 2 is 1.55 bits per heavy atom. The standard InChI is InChI=1S/C22H20O6S/c1-16-7-13-20(14-8-16)29(25,26)28-19-11-9-18(10-12-19)21(22(23)24)27-15-17-5-3-2-4-6-17/h2-14,21H,15H2,1H3,(H,23,24). The monoisotopic (exact) mass is 412 g/mol. The van der Waals surface area contributed by atoms with Gasteiger partial charge in [-0.3, -0.25) is 0 Å². The number of aliphatic carboxylic acids is 1. The van der Waals surface area contributed by atoms with Crippen molar-refractivity contribution in [2.75, 3.05) is 0 Å². The van der Waals surface area contributed by atoms with Crippen molar-refractivity contribution in [3.05, 3.63) is 95.6 Å². The molecule has 150 valence electrons. The first kappa shape index (κ1) is 20.6. The third kappa shape index (κ3) is 5.43. The molecule has 29 heavy (non-hydrogen) atoms. The van der Waals surface area contributed by atoms with Crippen LogP contribution in [0.5, 0.6) is 5.75 Å². The molecule has 0 bridgehead atoms. The summed E-state index contributed by atoms with van der Waals surface area (Å²) in [5.41, 5.74) is 2.17. The van der Waals surface area contributed by atoms with Crippen molar-refractivity contribution in [2.45, 2.75) is 24.5 Å². The smallest absolute Gasteiger partial charge is 0.339 e. The maximum absolute atomic E-state index is 12.4. The van der Waals surface area contributed by atoms with Crippen LogP contribution >= 0.6 is 0 Å². The molecule has 0 saturated heterocycles. The molecule has 0 aromatic heterocycles. The topological polar surface area (TPSA) is 89.9 Å². The number of carboxylic acid groups (broad SMARTS) is 1. The number of carboxylic acids is 1. The molecular formula is C22H20O6S. The van der Waals surface area contributed by atoms with E-state index in [1.807, 2.05) is 37.3 Å². The SMILES string of the molecule is Cc1ccc(S(=O)(=O)Oc2ccc(C(OCc3ccccc3)C(=O)O)cc2)cc1. The van der Waals surface area contributed by atoms with Gasteiger partial charge in [-0.1, -0.05) is 60.2 Å². The van der Waals surface area contributed by atoms with E-state index in [4.69, 9.17) is 8.92 Å². The molecule has 0 aliphatic heterocycles. The van der Waals surface area contributed by atoms with E-state index in [0.29, 0.717) is 5.56 Å². The molecule has 0 aliphatic carbocycles. The van der Waals surface area contributed by atoms with Gasteiger partial charge < -0.3 is 14.0 Å². The summed E-state index contributed by atoms with van der Waals surface area (Å²) in [5, 5.41) is 9.48. The zero-order valence-electron chi connectivity index (χ0n) is 15.7. The van der Waals surface area contributed by atoms with Gasteiger partial charge in [0.05, 0.1) is 6.61 Å². The maximum Gasteiger partial charge on any atom is 0.339 e. The van der Waals surface area contributed by atoms with Crippen LogP contribution in [0.3, 0.4) is 0 Å². The van der Waals surface area contributed by atoms with Crippen LogP contribution in [0.25, 0.3) is 0 Å². The molecule has 0 fully saturated rings. The second-order valence-electron chi connectivity index (χ2n) is 6.43. The van der Waals surface area contributed by atoms with E-state index < -0.39 is 22.2 Å². The molecule has 0 heterocycles. The van der Waals surface area contributed by atoms with Crippen LogP contribution in [0.4, 0.5) is 0 Å². The van der Waals surface area contributed by atoms with Crippen molar-refractivity contribution in [3.8, 4) is 5.75 Å². The minimum Gasteiger partial charge on any atom is -0.479 e. The highest BCUT2D eigenvalue weighted by Gasteiger charge is 2.22. The van der Waals surface area contributed by atoms with Crippen LogP contribution in [0, 0.1) is 6.92 Å². The van der Waals surface area contributed by atoms with E-state index in [0.717, 1.165) is 11.1 Å². The van der Waals surface area contributed by atoms with Crippen LogP contribution in [-0.2, 0) is 26.3 Å². The van der Waals surface area contributed by atoms with Gasteiger partial charge in [0.15, 0.2) is 6.10 Å². The quantitative estimate of drug-likeness (QED) is 0.560. The fourth-order valence-electron chi connectivity index (χ4n) is 2.64. The van der Waals surface area contributed by atoms with Crippen molar-refractivity contribution in [2.24, 2.45) is 0 Å². The zero-order valence-corrected chi connectivity index (χ0v) is 16.5. The molecule has 3 aromatic rings. The van der Waals surface area contributed by atoms with Gasteiger partial charge in [-0.2, -0.15) is 8.42 Å². The molecule has 0 amide bonds. The summed E-state index contributed by atoms with van der Waals surface area (Å²) < 4.78 is 35.4. The van der Waals surface area contributed by atoms with Crippen molar-refractivity contribution < 1.29 is 27.2 Å². The summed E-state index contributed by atoms with van der Waals surface area (Å²) in [6.07, 6.45) is -1.18. The Kier molecular flexibility index (Phi) is 6.31. The molecule has 0 radical (unpaired) electrons. The second-order valence-corrected chi connectivity index (χ2v) is 7.98. The Morgan fingerprint density at radius 1 is 0.931 bits per heavy atom. The summed E-state index contributed by atoms with van der Waals surface area (Å²) in [4.78, 5) is 11.6. The molecule has 0 spiro atoms. The lowest BCUT2D eigenvalue weighted by Crippen LogP contribution is -2.15. The van der Waals surface area contributed by atoms with Crippen molar-refractivity contribution in [3.63, 3.8) is 0 Å². The van der Waals surface area contributed by atoms with Crippen LogP contribution in [0.15, 0.2) is 83.8 Å². The summed E-state index contributed by atoms with van der Waals surface area (Å²) in [6.45, 7) is 1.99. The van der Waals surface area contributed by atoms with Crippen LogP contribution in [0.2, 0.25) is 0 Å². The molecule has 3 aromatic carbocycles. The van der Waals surface area contributed by atoms with E-state index in [1.165, 1.54) is 36.4 Å². The molecule has 7 heteroatoms. The highest BCUT2D eigenvalue weighted by Crippen LogP contribution is 2.24. The van der Waals surface area contributed by atoms with Gasteiger partial charge in [0.25, 0.3) is 0 Å². The van der Waals surface area contributed by atoms with E-state index in [9.17, 15) is 18.3 Å². The van der Waals surface area contributed by atoms with E-state index in [1.54, 1.807) is 12.1 Å². The zero-order chi connectivity index (χ0) is 20.9. The molecule has 0 aliphatic rings. The van der Waals surface area contributed by atoms with Crippen molar-refractivity contribution >= 4 is 16.1 Å². The minimum absolute atomic E-state index is 0.0433. The third-order valence-corrected chi connectivity index (χ3v) is 5.44. The lowest BCUT2D eigenvalue weighted by molar-refractivity contribution is -0.151. The molecule has 3 rings (SSSR count). The first-order chi connectivity index (χ1) is 13.8. The Balaban J connectivity index is 1.72. The Labute approximate surface area is 169 Å². The highest BCUT2D eigenvalue weighted by molar-refractivity contribution is 7.87. The van der Waals surface area contributed by atoms with Gasteiger partial charge in [-0.15, -0.1) is 0 Å². The largest absolute Gasteiger partial charge is 0.479 e. The van der Waals surface area contributed by atoms with Crippen LogP contribution in [-0.4, -0.2) is 19.5 Å². The van der Waals surface area contributed by atoms with Gasteiger partial charge in [0.2, 0.25) is 0 Å². The summed E-state index contributed by atoms with van der Waals surface area (Å²) in [7, 11) is -3.97. The molecule has 0 saturated carbocycles. The van der Waals surface area contributed by atoms with E-state index in [-0.39, 0.29) is 17.3 Å². The third-order valence-electron chi connectivity index (χ3n) is 4.18. The molecule has 6 nitrogen and oxygen atoms in total. The minimum atomic E-state index is -3.97. The number of aryl methyl sites for hydroxylation is 1. The lowest BCUT2D eigenvalue weighted by Gasteiger charge is -2.15. The number of ether oxygens (including phenoxy) is 1. The van der Waals surface area contributed by atoms with Crippen LogP contribution < -0.4 is 4.18 Å². The maximum atomic E-state index is 12.4. The van der Waals surface area contributed by atoms with Gasteiger partial charge in [0, 0.05) is 0 Å². The van der Waals surface area contributed by atoms with Gasteiger partial charge in [-0.05, 0) is 42.3 Å². The van der Waals surface area contributed by atoms with Crippen molar-refractivity contribution in [1.82, 2.24) is 0 Å². The normalized spacial score (nSPS) is 12.3. The molecule has 1 unspecified atom stereocenters. The fraction of sp³-hybridized carbons (Fsp3) is 0.136. The Bertz CT molecular complexity index is 1060. The number of benzene rings is 3. The number of rotatable bonds is 8. The van der Waals surface area contributed by atoms with Gasteiger partial charge in [0.1, 0.15) is 10.6 Å². The predicted molar refractivity (Wildman–Crippen MR) is 107 cm³/mol. The van der Waals surface area contributed by atoms with Crippen molar-refractivity contribution in [1.29, 1.82) is 0 Å². The fourth-order valence-corrected chi connectivity index (χ4v) is 3.57. The van der Waals surface area contributed by atoms with E-state index >= 15 is 0 Å². The average molecular weight is 412 g/mol. The van der Waals surface area contributed by atoms with Gasteiger partial charge >= 0.3 is 16.1 Å². The first-order valence-corrected chi connectivity index (χ1v) is 10.3. The summed E-state index contributed by atoms with van der Waals surface area (Å²) in [6, 6.07) is 21.3. The molecule has 1 N–H and O–H groups in total. The number of hydrogen-bond donors (Lipinski definition) is 1. The highest BCUT2D eigenvalue weighted by atomic mass is 32.2. The predicted octanol–water partition coefficient (Wildman–Crippen LogP) is 4.11. The number of carbonyl (C=O) groups is 1. The van der Waals surface area contributed by atoms with Gasteiger partial charge in [-0.25, -0.2) is 4.79 Å². The molecule has 1 atom stereocenters. The first-order valence-electron chi connectivity index (χ1n) is 8.84. The average Bonchev–Trinajstić information content (AvgIpc) is 2.70. The van der Waals surface area contributed by atoms with E-state index in [2.05, 4.69) is 0 Å². The summed E-state index contributed by atoms with van der Waals surface area (Å²) >= 11 is 0. The lowest BCUT2D eigenvalue weighted by atomic mass is 10.1. The molecular weight excluding hydrogens is 392 g/mol.